The van der Waals surface area contributed by atoms with Crippen LogP contribution in [-0.2, 0) is 11.3 Å². The fourth-order valence-electron chi connectivity index (χ4n) is 2.60. The molecule has 0 radical (unpaired) electrons. The summed E-state index contributed by atoms with van der Waals surface area (Å²) in [5.41, 5.74) is 2.63. The minimum absolute atomic E-state index is 0.0976. The number of nitrogens with zero attached hydrogens (tertiary/aromatic N) is 2. The van der Waals surface area contributed by atoms with Gasteiger partial charge in [0.15, 0.2) is 11.6 Å². The number of nitrogens with one attached hydrogen (secondary N) is 1. The van der Waals surface area contributed by atoms with E-state index in [1.165, 1.54) is 24.4 Å². The van der Waals surface area contributed by atoms with Gasteiger partial charge in [-0.1, -0.05) is 18.2 Å². The Kier molecular flexibility index (Phi) is 6.58. The molecule has 148 valence electrons. The summed E-state index contributed by atoms with van der Waals surface area (Å²) in [5.74, 6) is -0.221. The zero-order valence-corrected chi connectivity index (χ0v) is 16.3. The van der Waals surface area contributed by atoms with Gasteiger partial charge in [-0.05, 0) is 53.6 Å². The summed E-state index contributed by atoms with van der Waals surface area (Å²) in [7, 11) is 3.93. The predicted octanol–water partition coefficient (Wildman–Crippen LogP) is 4.41. The topological polar surface area (TPSA) is 54.5 Å². The highest BCUT2D eigenvalue weighted by Crippen LogP contribution is 2.24. The Balaban J connectivity index is 1.57. The van der Waals surface area contributed by atoms with Crippen molar-refractivity contribution in [3.05, 3.63) is 90.0 Å². The molecule has 0 fully saturated rings. The number of carbonyl (C=O) groups excluding carboxylic acids is 1. The molecule has 0 atom stereocenters. The second kappa shape index (κ2) is 9.50. The molecule has 6 heteroatoms. The summed E-state index contributed by atoms with van der Waals surface area (Å²) < 4.78 is 19.7. The number of amides is 1. The van der Waals surface area contributed by atoms with E-state index in [0.29, 0.717) is 17.9 Å². The zero-order valence-electron chi connectivity index (χ0n) is 16.3. The van der Waals surface area contributed by atoms with Gasteiger partial charge in [0.1, 0.15) is 5.75 Å². The summed E-state index contributed by atoms with van der Waals surface area (Å²) in [4.78, 5) is 18.0. The minimum Gasteiger partial charge on any atom is -0.453 e. The van der Waals surface area contributed by atoms with E-state index >= 15 is 0 Å². The number of rotatable bonds is 7. The molecule has 2 aromatic carbocycles. The molecule has 1 heterocycles. The summed E-state index contributed by atoms with van der Waals surface area (Å²) in [6.45, 7) is 0.414. The van der Waals surface area contributed by atoms with Gasteiger partial charge in [0.25, 0.3) is 0 Å². The number of benzene rings is 2. The lowest BCUT2D eigenvalue weighted by atomic mass is 10.2. The highest BCUT2D eigenvalue weighted by atomic mass is 19.1. The average Bonchev–Trinajstić information content (AvgIpc) is 2.73. The molecule has 0 aliphatic carbocycles. The van der Waals surface area contributed by atoms with E-state index in [2.05, 4.69) is 10.3 Å². The first-order chi connectivity index (χ1) is 14.0. The number of hydrogen-bond acceptors (Lipinski definition) is 4. The van der Waals surface area contributed by atoms with E-state index < -0.39 is 5.82 Å². The Labute approximate surface area is 169 Å². The molecule has 0 unspecified atom stereocenters. The SMILES string of the molecule is CN(C)c1cccc(CNC(=O)/C=C/c2ccc(Oc3cccnc3)c(F)c2)c1. The van der Waals surface area contributed by atoms with Crippen molar-refractivity contribution in [2.75, 3.05) is 19.0 Å². The van der Waals surface area contributed by atoms with E-state index in [0.717, 1.165) is 11.3 Å². The van der Waals surface area contributed by atoms with Crippen LogP contribution in [0.5, 0.6) is 11.5 Å². The maximum atomic E-state index is 14.2. The van der Waals surface area contributed by atoms with Crippen molar-refractivity contribution in [3.8, 4) is 11.5 Å². The van der Waals surface area contributed by atoms with Crippen molar-refractivity contribution >= 4 is 17.7 Å². The van der Waals surface area contributed by atoms with Crippen LogP contribution >= 0.6 is 0 Å². The van der Waals surface area contributed by atoms with E-state index in [4.69, 9.17) is 4.74 Å². The highest BCUT2D eigenvalue weighted by Gasteiger charge is 2.06. The molecule has 0 aliphatic heterocycles. The quantitative estimate of drug-likeness (QED) is 0.606. The average molecular weight is 391 g/mol. The monoisotopic (exact) mass is 391 g/mol. The summed E-state index contributed by atoms with van der Waals surface area (Å²) >= 11 is 0. The van der Waals surface area contributed by atoms with E-state index in [1.807, 2.05) is 43.3 Å². The van der Waals surface area contributed by atoms with Crippen LogP contribution < -0.4 is 15.0 Å². The van der Waals surface area contributed by atoms with Crippen molar-refractivity contribution in [2.24, 2.45) is 0 Å². The zero-order chi connectivity index (χ0) is 20.6. The summed E-state index contributed by atoms with van der Waals surface area (Å²) in [6, 6.07) is 15.8. The molecule has 0 bridgehead atoms. The highest BCUT2D eigenvalue weighted by molar-refractivity contribution is 5.91. The lowest BCUT2D eigenvalue weighted by Gasteiger charge is -2.13. The molecule has 5 nitrogen and oxygen atoms in total. The molecule has 3 rings (SSSR count). The fourth-order valence-corrected chi connectivity index (χ4v) is 2.60. The third-order valence-electron chi connectivity index (χ3n) is 4.14. The smallest absolute Gasteiger partial charge is 0.244 e. The molecule has 3 aromatic rings. The first-order valence-electron chi connectivity index (χ1n) is 9.11. The largest absolute Gasteiger partial charge is 0.453 e. The van der Waals surface area contributed by atoms with Gasteiger partial charge >= 0.3 is 0 Å². The van der Waals surface area contributed by atoms with Crippen LogP contribution in [0.3, 0.4) is 0 Å². The van der Waals surface area contributed by atoms with Crippen LogP contribution in [0.4, 0.5) is 10.1 Å². The standard InChI is InChI=1S/C23H22FN3O2/c1-27(2)19-6-3-5-18(13-19)15-26-23(28)11-9-17-8-10-22(21(24)14-17)29-20-7-4-12-25-16-20/h3-14,16H,15H2,1-2H3,(H,26,28)/b11-9+. The van der Waals surface area contributed by atoms with Gasteiger partial charge in [-0.25, -0.2) is 4.39 Å². The van der Waals surface area contributed by atoms with Crippen LogP contribution in [0.25, 0.3) is 6.08 Å². The maximum Gasteiger partial charge on any atom is 0.244 e. The molecule has 0 aliphatic rings. The van der Waals surface area contributed by atoms with Crippen molar-refractivity contribution in [1.82, 2.24) is 10.3 Å². The van der Waals surface area contributed by atoms with Crippen LogP contribution in [0.1, 0.15) is 11.1 Å². The van der Waals surface area contributed by atoms with E-state index in [-0.39, 0.29) is 11.7 Å². The van der Waals surface area contributed by atoms with Gasteiger partial charge in [0.2, 0.25) is 5.91 Å². The Morgan fingerprint density at radius 2 is 2.03 bits per heavy atom. The first-order valence-corrected chi connectivity index (χ1v) is 9.11. The predicted molar refractivity (Wildman–Crippen MR) is 112 cm³/mol. The number of hydrogen-bond donors (Lipinski definition) is 1. The number of halogens is 1. The van der Waals surface area contributed by atoms with Gasteiger partial charge < -0.3 is 15.0 Å². The Bertz CT molecular complexity index is 1000. The van der Waals surface area contributed by atoms with Gasteiger partial charge in [-0.3, -0.25) is 9.78 Å². The molecular weight excluding hydrogens is 369 g/mol. The third-order valence-corrected chi connectivity index (χ3v) is 4.14. The van der Waals surface area contributed by atoms with Crippen molar-refractivity contribution in [1.29, 1.82) is 0 Å². The minimum atomic E-state index is -0.517. The Morgan fingerprint density at radius 3 is 2.76 bits per heavy atom. The number of carbonyl (C=O) groups is 1. The lowest BCUT2D eigenvalue weighted by Crippen LogP contribution is -2.20. The third kappa shape index (κ3) is 5.90. The molecule has 1 aromatic heterocycles. The molecule has 0 saturated heterocycles. The first kappa shape index (κ1) is 20.1. The van der Waals surface area contributed by atoms with Crippen molar-refractivity contribution in [2.45, 2.75) is 6.54 Å². The number of aromatic nitrogens is 1. The van der Waals surface area contributed by atoms with Gasteiger partial charge in [-0.15, -0.1) is 0 Å². The number of anilines is 1. The van der Waals surface area contributed by atoms with Crippen LogP contribution in [0.2, 0.25) is 0 Å². The second-order valence-corrected chi connectivity index (χ2v) is 6.60. The van der Waals surface area contributed by atoms with Crippen LogP contribution in [0.15, 0.2) is 73.1 Å². The maximum absolute atomic E-state index is 14.2. The molecule has 1 amide bonds. The molecule has 1 N–H and O–H groups in total. The van der Waals surface area contributed by atoms with Crippen LogP contribution in [-0.4, -0.2) is 25.0 Å². The Morgan fingerprint density at radius 1 is 1.17 bits per heavy atom. The molecular formula is C23H22FN3O2. The van der Waals surface area contributed by atoms with Crippen molar-refractivity contribution in [3.63, 3.8) is 0 Å². The van der Waals surface area contributed by atoms with E-state index in [9.17, 15) is 9.18 Å². The van der Waals surface area contributed by atoms with Gasteiger partial charge in [0, 0.05) is 38.6 Å². The summed E-state index contributed by atoms with van der Waals surface area (Å²) in [5, 5.41) is 2.82. The normalized spacial score (nSPS) is 10.7. The summed E-state index contributed by atoms with van der Waals surface area (Å²) in [6.07, 6.45) is 6.06. The second-order valence-electron chi connectivity index (χ2n) is 6.60. The van der Waals surface area contributed by atoms with Crippen molar-refractivity contribution < 1.29 is 13.9 Å². The Hall–Kier alpha value is -3.67. The number of pyridine rings is 1. The molecule has 0 saturated carbocycles. The lowest BCUT2D eigenvalue weighted by molar-refractivity contribution is -0.116. The van der Waals surface area contributed by atoms with E-state index in [1.54, 1.807) is 30.5 Å². The molecule has 0 spiro atoms. The number of ether oxygens (including phenoxy) is 1. The van der Waals surface area contributed by atoms with Crippen LogP contribution in [0, 0.1) is 5.82 Å². The fraction of sp³-hybridized carbons (Fsp3) is 0.130. The van der Waals surface area contributed by atoms with Gasteiger partial charge in [-0.2, -0.15) is 0 Å². The molecule has 29 heavy (non-hydrogen) atoms. The van der Waals surface area contributed by atoms with Gasteiger partial charge in [0.05, 0.1) is 6.20 Å².